The lowest BCUT2D eigenvalue weighted by atomic mass is 9.88. The molecular weight excluding hydrogens is 713 g/mol. The van der Waals surface area contributed by atoms with Gasteiger partial charge in [0.25, 0.3) is 0 Å². The molecule has 0 amide bonds. The smallest absolute Gasteiger partial charge is 0.153 e. The summed E-state index contributed by atoms with van der Waals surface area (Å²) in [6.45, 7) is 0. The molecule has 0 spiro atoms. The Labute approximate surface area is 330 Å². The van der Waals surface area contributed by atoms with Gasteiger partial charge in [-0.3, -0.25) is 9.97 Å². The summed E-state index contributed by atoms with van der Waals surface area (Å²) in [5.41, 5.74) is 16.3. The van der Waals surface area contributed by atoms with Crippen molar-refractivity contribution >= 4 is 87.7 Å². The van der Waals surface area contributed by atoms with E-state index in [-0.39, 0.29) is 0 Å². The van der Waals surface area contributed by atoms with Crippen LogP contribution in [-0.4, -0.2) is 19.1 Å². The third-order valence-electron chi connectivity index (χ3n) is 11.8. The Hall–Kier alpha value is -7.96. The molecule has 0 saturated carbocycles. The predicted octanol–water partition coefficient (Wildman–Crippen LogP) is 13.8. The van der Waals surface area contributed by atoms with Gasteiger partial charge >= 0.3 is 0 Å². The Morgan fingerprint density at radius 1 is 0.362 bits per heavy atom. The van der Waals surface area contributed by atoms with E-state index in [1.54, 1.807) is 0 Å². The van der Waals surface area contributed by atoms with Crippen LogP contribution in [0.1, 0.15) is 0 Å². The first-order chi connectivity index (χ1) is 28.8. The fourth-order valence-electron chi connectivity index (χ4n) is 9.43. The number of fused-ring (bicyclic) bond motifs is 12. The monoisotopic (exact) mass is 742 g/mol. The van der Waals surface area contributed by atoms with Crippen molar-refractivity contribution in [2.24, 2.45) is 0 Å². The maximum atomic E-state index is 6.21. The van der Waals surface area contributed by atoms with Crippen LogP contribution in [0.4, 0.5) is 0 Å². The van der Waals surface area contributed by atoms with Gasteiger partial charge in [-0.2, -0.15) is 0 Å². The van der Waals surface area contributed by atoms with Crippen LogP contribution in [-0.2, 0) is 0 Å². The predicted molar refractivity (Wildman–Crippen MR) is 236 cm³/mol. The van der Waals surface area contributed by atoms with Gasteiger partial charge in [0.05, 0.1) is 22.1 Å². The molecule has 0 radical (unpaired) electrons. The van der Waals surface area contributed by atoms with Crippen molar-refractivity contribution in [1.82, 2.24) is 19.1 Å². The summed E-state index contributed by atoms with van der Waals surface area (Å²) in [6.07, 6.45) is 3.65. The number of hydrogen-bond acceptors (Lipinski definition) is 4. The van der Waals surface area contributed by atoms with Gasteiger partial charge in [0.1, 0.15) is 22.2 Å². The van der Waals surface area contributed by atoms with E-state index < -0.39 is 0 Å². The van der Waals surface area contributed by atoms with Gasteiger partial charge in [0, 0.05) is 61.6 Å². The molecule has 0 bridgehead atoms. The Balaban J connectivity index is 1.15. The van der Waals surface area contributed by atoms with Crippen LogP contribution in [0.5, 0.6) is 0 Å². The second-order valence-electron chi connectivity index (χ2n) is 14.9. The topological polar surface area (TPSA) is 61.9 Å². The van der Waals surface area contributed by atoms with Gasteiger partial charge in [-0.05, 0) is 102 Å². The largest absolute Gasteiger partial charge is 0.454 e. The first kappa shape index (κ1) is 31.3. The molecule has 0 saturated heterocycles. The number of para-hydroxylation sites is 2. The van der Waals surface area contributed by atoms with Crippen LogP contribution < -0.4 is 0 Å². The molecule has 0 N–H and O–H groups in total. The minimum atomic E-state index is 0.786. The van der Waals surface area contributed by atoms with E-state index in [0.29, 0.717) is 0 Å². The van der Waals surface area contributed by atoms with E-state index in [4.69, 9.17) is 18.8 Å². The number of rotatable bonds is 4. The van der Waals surface area contributed by atoms with Crippen molar-refractivity contribution in [2.45, 2.75) is 0 Å². The second kappa shape index (κ2) is 11.8. The Kier molecular flexibility index (Phi) is 6.35. The second-order valence-corrected chi connectivity index (χ2v) is 14.9. The molecule has 270 valence electrons. The lowest BCUT2D eigenvalue weighted by molar-refractivity contribution is 0.667. The quantitative estimate of drug-likeness (QED) is 0.180. The summed E-state index contributed by atoms with van der Waals surface area (Å²) in [5.74, 6) is 0. The molecule has 7 aromatic carbocycles. The number of benzene rings is 7. The Bertz CT molecular complexity index is 3810. The van der Waals surface area contributed by atoms with E-state index >= 15 is 0 Å². The van der Waals surface area contributed by atoms with Crippen LogP contribution in [0.15, 0.2) is 191 Å². The van der Waals surface area contributed by atoms with Crippen LogP contribution in [0.25, 0.3) is 121 Å². The molecule has 0 fully saturated rings. The van der Waals surface area contributed by atoms with Crippen LogP contribution in [0.2, 0.25) is 0 Å². The molecule has 0 atom stereocenters. The molecule has 0 unspecified atom stereocenters. The average molecular weight is 743 g/mol. The average Bonchev–Trinajstić information content (AvgIpc) is 4.03. The normalized spacial score (nSPS) is 12.1. The summed E-state index contributed by atoms with van der Waals surface area (Å²) in [5, 5.41) is 6.77. The van der Waals surface area contributed by atoms with Gasteiger partial charge < -0.3 is 18.0 Å². The molecule has 6 heterocycles. The standard InChI is InChI=1S/C52H30N4O2/c1-2-11-31(12-3-1)34-23-24-43-50(36-14-5-7-17-41(36)56(43)33-22-26-45-39(30-33)52-47(58-45)20-10-28-54-52)49(34)37-15-8-18-42-48(37)35-13-4-6-16-40(35)55(42)32-21-25-44-38(29-32)51-46(57-44)19-9-27-53-51/h1-30H. The lowest BCUT2D eigenvalue weighted by Crippen LogP contribution is -1.95. The summed E-state index contributed by atoms with van der Waals surface area (Å²) >= 11 is 0. The maximum absolute atomic E-state index is 6.21. The lowest BCUT2D eigenvalue weighted by Gasteiger charge is -2.16. The fraction of sp³-hybridized carbons (Fsp3) is 0. The fourth-order valence-corrected chi connectivity index (χ4v) is 9.43. The molecular formula is C52H30N4O2. The number of hydrogen-bond donors (Lipinski definition) is 0. The highest BCUT2D eigenvalue weighted by Crippen LogP contribution is 2.48. The Morgan fingerprint density at radius 3 is 1.55 bits per heavy atom. The van der Waals surface area contributed by atoms with Crippen LogP contribution >= 0.6 is 0 Å². The van der Waals surface area contributed by atoms with Crippen molar-refractivity contribution in [3.63, 3.8) is 0 Å². The van der Waals surface area contributed by atoms with Crippen LogP contribution in [0.3, 0.4) is 0 Å². The molecule has 13 aromatic rings. The summed E-state index contributed by atoms with van der Waals surface area (Å²) in [4.78, 5) is 9.40. The van der Waals surface area contributed by atoms with Gasteiger partial charge in [-0.15, -0.1) is 0 Å². The molecule has 0 aliphatic carbocycles. The number of furan rings is 2. The summed E-state index contributed by atoms with van der Waals surface area (Å²) in [7, 11) is 0. The third kappa shape index (κ3) is 4.31. The molecule has 0 aliphatic heterocycles. The van der Waals surface area contributed by atoms with Crippen molar-refractivity contribution in [1.29, 1.82) is 0 Å². The third-order valence-corrected chi connectivity index (χ3v) is 11.8. The van der Waals surface area contributed by atoms with E-state index in [0.717, 1.165) is 77.6 Å². The highest BCUT2D eigenvalue weighted by Gasteiger charge is 2.24. The zero-order chi connectivity index (χ0) is 37.9. The van der Waals surface area contributed by atoms with E-state index in [2.05, 4.69) is 155 Å². The molecule has 6 heteroatoms. The summed E-state index contributed by atoms with van der Waals surface area (Å²) in [6, 6.07) is 60.3. The first-order valence-corrected chi connectivity index (χ1v) is 19.5. The minimum absolute atomic E-state index is 0.786. The highest BCUT2D eigenvalue weighted by molar-refractivity contribution is 6.25. The highest BCUT2D eigenvalue weighted by atomic mass is 16.3. The molecule has 6 aromatic heterocycles. The number of pyridine rings is 2. The van der Waals surface area contributed by atoms with Crippen LogP contribution in [0, 0.1) is 0 Å². The first-order valence-electron chi connectivity index (χ1n) is 19.5. The van der Waals surface area contributed by atoms with Crippen molar-refractivity contribution in [3.05, 3.63) is 182 Å². The van der Waals surface area contributed by atoms with E-state index in [1.807, 2.05) is 36.7 Å². The van der Waals surface area contributed by atoms with Crippen molar-refractivity contribution in [2.75, 3.05) is 0 Å². The summed E-state index contributed by atoms with van der Waals surface area (Å²) < 4.78 is 17.2. The number of aromatic nitrogens is 4. The Morgan fingerprint density at radius 2 is 0.914 bits per heavy atom. The zero-order valence-corrected chi connectivity index (χ0v) is 30.9. The van der Waals surface area contributed by atoms with Crippen molar-refractivity contribution in [3.8, 4) is 33.6 Å². The van der Waals surface area contributed by atoms with Gasteiger partial charge in [0.2, 0.25) is 0 Å². The van der Waals surface area contributed by atoms with Gasteiger partial charge in [-0.25, -0.2) is 0 Å². The van der Waals surface area contributed by atoms with E-state index in [1.165, 1.54) is 43.8 Å². The maximum Gasteiger partial charge on any atom is 0.153 e. The van der Waals surface area contributed by atoms with Gasteiger partial charge in [-0.1, -0.05) is 84.9 Å². The van der Waals surface area contributed by atoms with E-state index in [9.17, 15) is 0 Å². The minimum Gasteiger partial charge on any atom is -0.454 e. The van der Waals surface area contributed by atoms with Crippen molar-refractivity contribution < 1.29 is 8.83 Å². The molecule has 0 aliphatic rings. The SMILES string of the molecule is c1ccc(-c2ccc3c(c2-c2cccc4c2c2ccccc2n4-c2ccc4oc5cccnc5c4c2)c2ccccc2n3-c2ccc3oc4cccnc4c3c2)cc1. The number of nitrogens with zero attached hydrogens (tertiary/aromatic N) is 4. The molecule has 58 heavy (non-hydrogen) atoms. The zero-order valence-electron chi connectivity index (χ0n) is 30.9. The van der Waals surface area contributed by atoms with Gasteiger partial charge in [0.15, 0.2) is 11.2 Å². The molecule has 6 nitrogen and oxygen atoms in total. The molecule has 13 rings (SSSR count).